The van der Waals surface area contributed by atoms with Gasteiger partial charge in [0.25, 0.3) is 5.91 Å². The van der Waals surface area contributed by atoms with Crippen molar-refractivity contribution in [1.29, 1.82) is 0 Å². The molecule has 1 aliphatic heterocycles. The molecule has 0 bridgehead atoms. The number of benzene rings is 2. The first-order valence-electron chi connectivity index (χ1n) is 9.59. The van der Waals surface area contributed by atoms with E-state index in [0.717, 1.165) is 27.6 Å². The summed E-state index contributed by atoms with van der Waals surface area (Å²) in [7, 11) is 1.61. The predicted octanol–water partition coefficient (Wildman–Crippen LogP) is 4.60. The van der Waals surface area contributed by atoms with Gasteiger partial charge in [-0.1, -0.05) is 12.1 Å². The number of hydrogen-bond donors (Lipinski definition) is 0. The van der Waals surface area contributed by atoms with Crippen molar-refractivity contribution >= 4 is 16.8 Å². The molecule has 0 saturated heterocycles. The number of rotatable bonds is 4. The van der Waals surface area contributed by atoms with Gasteiger partial charge in [-0.3, -0.25) is 9.78 Å². The second kappa shape index (κ2) is 7.22. The maximum Gasteiger partial charge on any atom is 0.273 e. The summed E-state index contributed by atoms with van der Waals surface area (Å²) in [5, 5.41) is 0.873. The number of nitrogens with zero attached hydrogens (tertiary/aromatic N) is 3. The maximum absolute atomic E-state index is 13.6. The Morgan fingerprint density at radius 1 is 1.07 bits per heavy atom. The molecule has 2 aromatic carbocycles. The Morgan fingerprint density at radius 2 is 1.83 bits per heavy atom. The van der Waals surface area contributed by atoms with Crippen LogP contribution < -0.4 is 4.74 Å². The fraction of sp³-hybridized carbons (Fsp3) is 0.125. The molecule has 0 atom stereocenters. The van der Waals surface area contributed by atoms with Crippen molar-refractivity contribution in [2.24, 2.45) is 0 Å². The van der Waals surface area contributed by atoms with E-state index >= 15 is 0 Å². The molecule has 0 spiro atoms. The molecule has 30 heavy (non-hydrogen) atoms. The van der Waals surface area contributed by atoms with E-state index in [1.165, 1.54) is 12.1 Å². The Hall–Kier alpha value is -3.80. The third kappa shape index (κ3) is 3.06. The zero-order chi connectivity index (χ0) is 20.7. The van der Waals surface area contributed by atoms with Crippen LogP contribution in [0.15, 0.2) is 67.0 Å². The third-order valence-electron chi connectivity index (χ3n) is 5.39. The molecule has 0 aliphatic carbocycles. The molecule has 0 fully saturated rings. The Kier molecular flexibility index (Phi) is 4.39. The monoisotopic (exact) mass is 399 g/mol. The van der Waals surface area contributed by atoms with Gasteiger partial charge in [0.05, 0.1) is 12.6 Å². The zero-order valence-electron chi connectivity index (χ0n) is 16.3. The van der Waals surface area contributed by atoms with Crippen LogP contribution in [-0.2, 0) is 13.1 Å². The fourth-order valence-electron chi connectivity index (χ4n) is 3.93. The molecule has 0 N–H and O–H groups in total. The summed E-state index contributed by atoms with van der Waals surface area (Å²) in [6.45, 7) is 0.906. The highest BCUT2D eigenvalue weighted by molar-refractivity contribution is 6.06. The first kappa shape index (κ1) is 18.2. The summed E-state index contributed by atoms with van der Waals surface area (Å²) < 4.78 is 19.0. The van der Waals surface area contributed by atoms with E-state index in [9.17, 15) is 9.18 Å². The number of carbonyl (C=O) groups excluding carboxylic acids is 1. The Balaban J connectivity index is 1.69. The molecule has 6 heteroatoms. The lowest BCUT2D eigenvalue weighted by molar-refractivity contribution is 0.0762. The van der Waals surface area contributed by atoms with Crippen molar-refractivity contribution in [1.82, 2.24) is 14.9 Å². The van der Waals surface area contributed by atoms with Gasteiger partial charge < -0.3 is 9.64 Å². The summed E-state index contributed by atoms with van der Waals surface area (Å²) in [5.41, 5.74) is 4.72. The lowest BCUT2D eigenvalue weighted by Gasteiger charge is -2.15. The predicted molar refractivity (Wildman–Crippen MR) is 112 cm³/mol. The summed E-state index contributed by atoms with van der Waals surface area (Å²) in [6.07, 6.45) is 3.43. The zero-order valence-corrected chi connectivity index (χ0v) is 16.3. The number of methoxy groups -OCH3 is 1. The molecule has 0 unspecified atom stereocenters. The van der Waals surface area contributed by atoms with Gasteiger partial charge in [-0.25, -0.2) is 9.37 Å². The number of carbonyl (C=O) groups is 1. The molecule has 1 aliphatic rings. The van der Waals surface area contributed by atoms with E-state index in [1.807, 2.05) is 30.3 Å². The van der Waals surface area contributed by atoms with Gasteiger partial charge in [-0.15, -0.1) is 0 Å². The molecule has 4 aromatic rings. The largest absolute Gasteiger partial charge is 0.497 e. The Bertz CT molecular complexity index is 1260. The van der Waals surface area contributed by atoms with Crippen LogP contribution in [0.2, 0.25) is 0 Å². The van der Waals surface area contributed by atoms with Gasteiger partial charge >= 0.3 is 0 Å². The molecule has 5 rings (SSSR count). The SMILES string of the molecule is COc1ccc2nc3c(c(-c4ccc(F)cc4)c2c1)CN(Cc1ccncc1)C3=O. The normalized spacial score (nSPS) is 13.0. The van der Waals surface area contributed by atoms with Gasteiger partial charge in [-0.2, -0.15) is 0 Å². The van der Waals surface area contributed by atoms with Crippen molar-refractivity contribution in [2.45, 2.75) is 13.1 Å². The number of ether oxygens (including phenoxy) is 1. The van der Waals surface area contributed by atoms with Crippen molar-refractivity contribution in [3.8, 4) is 16.9 Å². The molecular weight excluding hydrogens is 381 g/mol. The van der Waals surface area contributed by atoms with Gasteiger partial charge in [0.1, 0.15) is 17.3 Å². The van der Waals surface area contributed by atoms with Crippen LogP contribution in [0.1, 0.15) is 21.6 Å². The minimum Gasteiger partial charge on any atom is -0.497 e. The summed E-state index contributed by atoms with van der Waals surface area (Å²) in [4.78, 5) is 23.7. The summed E-state index contributed by atoms with van der Waals surface area (Å²) in [5.74, 6) is 0.287. The van der Waals surface area contributed by atoms with Crippen LogP contribution in [-0.4, -0.2) is 27.9 Å². The molecular formula is C24H18FN3O2. The van der Waals surface area contributed by atoms with E-state index in [0.29, 0.717) is 30.0 Å². The highest BCUT2D eigenvalue weighted by Crippen LogP contribution is 2.39. The lowest BCUT2D eigenvalue weighted by Crippen LogP contribution is -2.23. The summed E-state index contributed by atoms with van der Waals surface area (Å²) in [6, 6.07) is 15.7. The van der Waals surface area contributed by atoms with Crippen LogP contribution in [0.4, 0.5) is 4.39 Å². The second-order valence-electron chi connectivity index (χ2n) is 7.22. The average Bonchev–Trinajstić information content (AvgIpc) is 3.08. The molecule has 0 radical (unpaired) electrons. The van der Waals surface area contributed by atoms with Crippen LogP contribution in [0, 0.1) is 5.82 Å². The number of halogens is 1. The molecule has 2 aromatic heterocycles. The molecule has 0 saturated carbocycles. The number of pyridine rings is 2. The number of hydrogen-bond acceptors (Lipinski definition) is 4. The van der Waals surface area contributed by atoms with Crippen molar-refractivity contribution < 1.29 is 13.9 Å². The lowest BCUT2D eigenvalue weighted by atomic mass is 9.95. The number of fused-ring (bicyclic) bond motifs is 2. The van der Waals surface area contributed by atoms with E-state index in [1.54, 1.807) is 36.5 Å². The molecule has 1 amide bonds. The first-order chi connectivity index (χ1) is 14.6. The highest BCUT2D eigenvalue weighted by atomic mass is 19.1. The van der Waals surface area contributed by atoms with Gasteiger partial charge in [0.15, 0.2) is 0 Å². The number of aromatic nitrogens is 2. The summed E-state index contributed by atoms with van der Waals surface area (Å²) >= 11 is 0. The second-order valence-corrected chi connectivity index (χ2v) is 7.22. The highest BCUT2D eigenvalue weighted by Gasteiger charge is 2.32. The van der Waals surface area contributed by atoms with Crippen molar-refractivity contribution in [3.63, 3.8) is 0 Å². The van der Waals surface area contributed by atoms with E-state index in [-0.39, 0.29) is 11.7 Å². The fourth-order valence-corrected chi connectivity index (χ4v) is 3.93. The molecule has 3 heterocycles. The smallest absolute Gasteiger partial charge is 0.273 e. The van der Waals surface area contributed by atoms with Crippen LogP contribution in [0.5, 0.6) is 5.75 Å². The number of amides is 1. The maximum atomic E-state index is 13.6. The Labute approximate surface area is 172 Å². The minimum absolute atomic E-state index is 0.108. The van der Waals surface area contributed by atoms with Crippen molar-refractivity contribution in [2.75, 3.05) is 7.11 Å². The first-order valence-corrected chi connectivity index (χ1v) is 9.59. The third-order valence-corrected chi connectivity index (χ3v) is 5.39. The molecule has 148 valence electrons. The average molecular weight is 399 g/mol. The quantitative estimate of drug-likeness (QED) is 0.503. The van der Waals surface area contributed by atoms with E-state index < -0.39 is 0 Å². The standard InChI is InChI=1S/C24H18FN3O2/c1-30-18-6-7-21-19(12-18)22(16-2-4-17(25)5-3-16)20-14-28(24(29)23(20)27-21)13-15-8-10-26-11-9-15/h2-12H,13-14H2,1H3. The van der Waals surface area contributed by atoms with Gasteiger partial charge in [0.2, 0.25) is 0 Å². The van der Waals surface area contributed by atoms with Crippen LogP contribution in [0.25, 0.3) is 22.0 Å². The van der Waals surface area contributed by atoms with Crippen molar-refractivity contribution in [3.05, 3.63) is 89.6 Å². The van der Waals surface area contributed by atoms with Crippen LogP contribution >= 0.6 is 0 Å². The van der Waals surface area contributed by atoms with E-state index in [4.69, 9.17) is 4.74 Å². The minimum atomic E-state index is -0.304. The van der Waals surface area contributed by atoms with Gasteiger partial charge in [-0.05, 0) is 59.2 Å². The van der Waals surface area contributed by atoms with E-state index in [2.05, 4.69) is 9.97 Å². The van der Waals surface area contributed by atoms with Gasteiger partial charge in [0, 0.05) is 36.4 Å². The molecule has 5 nitrogen and oxygen atoms in total. The van der Waals surface area contributed by atoms with Crippen LogP contribution in [0.3, 0.4) is 0 Å². The topological polar surface area (TPSA) is 55.3 Å². The Morgan fingerprint density at radius 3 is 2.57 bits per heavy atom.